The van der Waals surface area contributed by atoms with E-state index in [4.69, 9.17) is 4.74 Å². The lowest BCUT2D eigenvalue weighted by Crippen LogP contribution is -2.07. The quantitative estimate of drug-likeness (QED) is 0.691. The Morgan fingerprint density at radius 1 is 1.30 bits per heavy atom. The lowest BCUT2D eigenvalue weighted by Gasteiger charge is -2.03. The molecular weight excluding hydrogens is 296 g/mol. The summed E-state index contributed by atoms with van der Waals surface area (Å²) in [6.07, 6.45) is 5.03. The van der Waals surface area contributed by atoms with Crippen molar-refractivity contribution in [2.24, 2.45) is 12.0 Å². The molecule has 1 aromatic heterocycles. The van der Waals surface area contributed by atoms with E-state index in [-0.39, 0.29) is 17.5 Å². The van der Waals surface area contributed by atoms with Crippen molar-refractivity contribution in [1.29, 1.82) is 0 Å². The SMILES string of the molecule is CC(=O)Nc1ccc(C2=NC(=Cc3cnn(C)c3)C(=O)O2)cc1. The number of aromatic nitrogens is 2. The van der Waals surface area contributed by atoms with Gasteiger partial charge in [0.05, 0.1) is 6.20 Å². The number of anilines is 1. The first-order chi connectivity index (χ1) is 11.0. The van der Waals surface area contributed by atoms with Crippen LogP contribution in [0.25, 0.3) is 6.08 Å². The predicted octanol–water partition coefficient (Wildman–Crippen LogP) is 1.72. The molecule has 3 rings (SSSR count). The first kappa shape index (κ1) is 14.7. The second-order valence-corrected chi connectivity index (χ2v) is 5.04. The maximum atomic E-state index is 11.9. The number of ether oxygens (including phenoxy) is 1. The van der Waals surface area contributed by atoms with Gasteiger partial charge >= 0.3 is 5.97 Å². The van der Waals surface area contributed by atoms with Gasteiger partial charge in [-0.1, -0.05) is 0 Å². The molecule has 7 heteroatoms. The molecule has 1 N–H and O–H groups in total. The minimum atomic E-state index is -0.505. The van der Waals surface area contributed by atoms with Crippen molar-refractivity contribution >= 4 is 29.5 Å². The highest BCUT2D eigenvalue weighted by Crippen LogP contribution is 2.20. The molecule has 0 bridgehead atoms. The van der Waals surface area contributed by atoms with Gasteiger partial charge in [-0.05, 0) is 30.3 Å². The lowest BCUT2D eigenvalue weighted by atomic mass is 10.2. The van der Waals surface area contributed by atoms with Gasteiger partial charge in [0.2, 0.25) is 11.8 Å². The number of benzene rings is 1. The van der Waals surface area contributed by atoms with E-state index in [2.05, 4.69) is 15.4 Å². The van der Waals surface area contributed by atoms with Gasteiger partial charge in [-0.15, -0.1) is 0 Å². The number of nitrogens with one attached hydrogen (secondary N) is 1. The van der Waals surface area contributed by atoms with E-state index < -0.39 is 5.97 Å². The molecule has 1 aliphatic heterocycles. The van der Waals surface area contributed by atoms with Crippen molar-refractivity contribution < 1.29 is 14.3 Å². The van der Waals surface area contributed by atoms with E-state index >= 15 is 0 Å². The van der Waals surface area contributed by atoms with E-state index in [1.54, 1.807) is 54.5 Å². The van der Waals surface area contributed by atoms with Crippen molar-refractivity contribution in [2.45, 2.75) is 6.92 Å². The van der Waals surface area contributed by atoms with Crippen LogP contribution in [0.1, 0.15) is 18.1 Å². The highest BCUT2D eigenvalue weighted by Gasteiger charge is 2.24. The van der Waals surface area contributed by atoms with Crippen LogP contribution in [0.2, 0.25) is 0 Å². The van der Waals surface area contributed by atoms with Gasteiger partial charge in [0.15, 0.2) is 5.70 Å². The molecule has 0 aliphatic carbocycles. The number of nitrogens with zero attached hydrogens (tertiary/aromatic N) is 3. The Morgan fingerprint density at radius 2 is 2.04 bits per heavy atom. The maximum Gasteiger partial charge on any atom is 0.363 e. The second-order valence-electron chi connectivity index (χ2n) is 5.04. The van der Waals surface area contributed by atoms with Gasteiger partial charge in [-0.3, -0.25) is 9.48 Å². The zero-order chi connectivity index (χ0) is 16.4. The topological polar surface area (TPSA) is 85.6 Å². The zero-order valence-corrected chi connectivity index (χ0v) is 12.6. The summed E-state index contributed by atoms with van der Waals surface area (Å²) < 4.78 is 6.83. The van der Waals surface area contributed by atoms with Crippen LogP contribution in [-0.2, 0) is 21.4 Å². The smallest absolute Gasteiger partial charge is 0.363 e. The Hall–Kier alpha value is -3.22. The monoisotopic (exact) mass is 310 g/mol. The van der Waals surface area contributed by atoms with Gasteiger partial charge in [-0.2, -0.15) is 5.10 Å². The first-order valence-corrected chi connectivity index (χ1v) is 6.90. The Balaban J connectivity index is 1.83. The molecule has 2 heterocycles. The predicted molar refractivity (Wildman–Crippen MR) is 84.6 cm³/mol. The van der Waals surface area contributed by atoms with Crippen molar-refractivity contribution in [3.05, 3.63) is 53.5 Å². The minimum absolute atomic E-state index is 0.149. The van der Waals surface area contributed by atoms with Crippen molar-refractivity contribution in [1.82, 2.24) is 9.78 Å². The van der Waals surface area contributed by atoms with E-state index in [1.165, 1.54) is 6.92 Å². The summed E-state index contributed by atoms with van der Waals surface area (Å²) in [5.74, 6) is -0.418. The molecule has 1 amide bonds. The average molecular weight is 310 g/mol. The number of hydrogen-bond acceptors (Lipinski definition) is 5. The van der Waals surface area contributed by atoms with Gasteiger partial charge < -0.3 is 10.1 Å². The molecule has 2 aromatic rings. The lowest BCUT2D eigenvalue weighted by molar-refractivity contribution is -0.129. The number of carbonyl (C=O) groups is 2. The summed E-state index contributed by atoms with van der Waals surface area (Å²) in [4.78, 5) is 27.1. The summed E-state index contributed by atoms with van der Waals surface area (Å²) in [6.45, 7) is 1.44. The summed E-state index contributed by atoms with van der Waals surface area (Å²) in [7, 11) is 1.79. The van der Waals surface area contributed by atoms with Gasteiger partial charge in [0, 0.05) is 37.0 Å². The summed E-state index contributed by atoms with van der Waals surface area (Å²) in [6, 6.07) is 6.89. The Bertz CT molecular complexity index is 831. The Morgan fingerprint density at radius 3 is 2.65 bits per heavy atom. The third kappa shape index (κ3) is 3.34. The Kier molecular flexibility index (Phi) is 3.76. The van der Waals surface area contributed by atoms with Gasteiger partial charge in [0.25, 0.3) is 0 Å². The fraction of sp³-hybridized carbons (Fsp3) is 0.125. The summed E-state index contributed by atoms with van der Waals surface area (Å²) in [5, 5.41) is 6.70. The zero-order valence-electron chi connectivity index (χ0n) is 12.6. The molecule has 0 unspecified atom stereocenters. The molecule has 7 nitrogen and oxygen atoms in total. The molecule has 1 aromatic carbocycles. The molecular formula is C16H14N4O3. The van der Waals surface area contributed by atoms with Crippen LogP contribution < -0.4 is 5.32 Å². The third-order valence-electron chi connectivity index (χ3n) is 3.10. The fourth-order valence-corrected chi connectivity index (χ4v) is 2.10. The largest absolute Gasteiger partial charge is 0.402 e. The van der Waals surface area contributed by atoms with Gasteiger partial charge in [0.1, 0.15) is 0 Å². The third-order valence-corrected chi connectivity index (χ3v) is 3.10. The number of aliphatic imine (C=N–C) groups is 1. The standard InChI is InChI=1S/C16H14N4O3/c1-10(21)18-13-5-3-12(4-6-13)15-19-14(16(22)23-15)7-11-8-17-20(2)9-11/h3-9H,1-2H3,(H,18,21). The molecule has 0 spiro atoms. The van der Waals surface area contributed by atoms with Crippen molar-refractivity contribution in [3.8, 4) is 0 Å². The number of hydrogen-bond donors (Lipinski definition) is 1. The molecule has 0 radical (unpaired) electrons. The van der Waals surface area contributed by atoms with Crippen LogP contribution in [0.4, 0.5) is 5.69 Å². The van der Waals surface area contributed by atoms with Crippen molar-refractivity contribution in [3.63, 3.8) is 0 Å². The summed E-state index contributed by atoms with van der Waals surface area (Å²) in [5.41, 5.74) is 2.31. The molecule has 0 fully saturated rings. The number of rotatable bonds is 3. The fourth-order valence-electron chi connectivity index (χ4n) is 2.10. The van der Waals surface area contributed by atoms with Gasteiger partial charge in [-0.25, -0.2) is 9.79 Å². The van der Waals surface area contributed by atoms with Crippen LogP contribution in [0.3, 0.4) is 0 Å². The second kappa shape index (κ2) is 5.88. The van der Waals surface area contributed by atoms with Crippen LogP contribution in [0.5, 0.6) is 0 Å². The number of esters is 1. The number of cyclic esters (lactones) is 1. The minimum Gasteiger partial charge on any atom is -0.402 e. The molecule has 23 heavy (non-hydrogen) atoms. The number of aryl methyl sites for hydroxylation is 1. The molecule has 0 atom stereocenters. The average Bonchev–Trinajstić information content (AvgIpc) is 3.06. The molecule has 1 aliphatic rings. The van der Waals surface area contributed by atoms with Crippen LogP contribution in [-0.4, -0.2) is 27.6 Å². The van der Waals surface area contributed by atoms with Crippen LogP contribution in [0, 0.1) is 0 Å². The molecule has 0 saturated heterocycles. The molecule has 0 saturated carbocycles. The normalized spacial score (nSPS) is 15.5. The van der Waals surface area contributed by atoms with E-state index in [1.807, 2.05) is 0 Å². The van der Waals surface area contributed by atoms with Crippen molar-refractivity contribution in [2.75, 3.05) is 5.32 Å². The highest BCUT2D eigenvalue weighted by atomic mass is 16.6. The van der Waals surface area contributed by atoms with E-state index in [9.17, 15) is 9.59 Å². The van der Waals surface area contributed by atoms with E-state index in [0.29, 0.717) is 11.3 Å². The Labute approximate surface area is 132 Å². The highest BCUT2D eigenvalue weighted by molar-refractivity contribution is 6.13. The van der Waals surface area contributed by atoms with E-state index in [0.717, 1.165) is 5.56 Å². The first-order valence-electron chi connectivity index (χ1n) is 6.90. The number of amides is 1. The van der Waals surface area contributed by atoms with Crippen LogP contribution in [0.15, 0.2) is 47.3 Å². The molecule has 116 valence electrons. The van der Waals surface area contributed by atoms with Crippen LogP contribution >= 0.6 is 0 Å². The summed E-state index contributed by atoms with van der Waals surface area (Å²) >= 11 is 0. The number of carbonyl (C=O) groups excluding carboxylic acids is 2. The maximum absolute atomic E-state index is 11.9.